The molecule has 28 heavy (non-hydrogen) atoms. The van der Waals surface area contributed by atoms with Gasteiger partial charge in [-0.25, -0.2) is 0 Å². The van der Waals surface area contributed by atoms with Gasteiger partial charge < -0.3 is 9.84 Å². The van der Waals surface area contributed by atoms with Crippen molar-refractivity contribution in [3.05, 3.63) is 53.1 Å². The summed E-state index contributed by atoms with van der Waals surface area (Å²) < 4.78 is 35.7. The molecule has 7 heteroatoms. The van der Waals surface area contributed by atoms with Gasteiger partial charge in [0.15, 0.2) is 5.78 Å². The highest BCUT2D eigenvalue weighted by molar-refractivity contribution is 7.86. The number of carbonyl (C=O) groups excluding carboxylic acids is 1. The van der Waals surface area contributed by atoms with Crippen molar-refractivity contribution >= 4 is 15.9 Å². The minimum absolute atomic E-state index is 0.0423. The zero-order chi connectivity index (χ0) is 20.9. The molecule has 0 saturated heterocycles. The summed E-state index contributed by atoms with van der Waals surface area (Å²) in [4.78, 5) is 12.5. The highest BCUT2D eigenvalue weighted by atomic mass is 32.2. The molecule has 0 amide bonds. The van der Waals surface area contributed by atoms with Crippen LogP contribution in [0.15, 0.2) is 41.3 Å². The molecule has 0 atom stereocenters. The number of phenols is 1. The molecule has 2 aromatic carbocycles. The molecule has 0 aliphatic heterocycles. The van der Waals surface area contributed by atoms with Crippen LogP contribution in [-0.2, 0) is 14.3 Å². The normalized spacial score (nSPS) is 11.6. The molecule has 0 spiro atoms. The zero-order valence-corrected chi connectivity index (χ0v) is 17.4. The quantitative estimate of drug-likeness (QED) is 0.498. The molecule has 1 N–H and O–H groups in total. The number of carbonyl (C=O) groups is 1. The molecule has 0 unspecified atom stereocenters. The van der Waals surface area contributed by atoms with E-state index in [1.165, 1.54) is 7.11 Å². The van der Waals surface area contributed by atoms with Crippen LogP contribution >= 0.6 is 0 Å². The highest BCUT2D eigenvalue weighted by Gasteiger charge is 2.26. The summed E-state index contributed by atoms with van der Waals surface area (Å²) in [5.74, 6) is -0.827. The topological polar surface area (TPSA) is 89.9 Å². The van der Waals surface area contributed by atoms with Crippen molar-refractivity contribution in [3.63, 3.8) is 0 Å². The Morgan fingerprint density at radius 2 is 1.71 bits per heavy atom. The molecule has 0 aliphatic rings. The third-order valence-corrected chi connectivity index (χ3v) is 6.03. The Morgan fingerprint density at radius 3 is 2.25 bits per heavy atom. The predicted molar refractivity (Wildman–Crippen MR) is 106 cm³/mol. The van der Waals surface area contributed by atoms with Gasteiger partial charge in [0.1, 0.15) is 16.4 Å². The number of rotatable bonds is 9. The summed E-state index contributed by atoms with van der Waals surface area (Å²) in [5.41, 5.74) is 1.19. The number of aryl methyl sites for hydroxylation is 1. The third kappa shape index (κ3) is 4.91. The van der Waals surface area contributed by atoms with Crippen molar-refractivity contribution in [3.8, 4) is 11.5 Å². The van der Waals surface area contributed by atoms with Crippen LogP contribution in [0.25, 0.3) is 0 Å². The lowest BCUT2D eigenvalue weighted by Gasteiger charge is -2.15. The van der Waals surface area contributed by atoms with E-state index >= 15 is 0 Å². The molecule has 0 fully saturated rings. The summed E-state index contributed by atoms with van der Waals surface area (Å²) in [5, 5.41) is 10.3. The maximum absolute atomic E-state index is 12.8. The van der Waals surface area contributed by atoms with Crippen LogP contribution in [0.1, 0.15) is 48.2 Å². The van der Waals surface area contributed by atoms with Crippen molar-refractivity contribution in [1.29, 1.82) is 0 Å². The molecule has 0 radical (unpaired) electrons. The molecule has 6 nitrogen and oxygen atoms in total. The van der Waals surface area contributed by atoms with E-state index in [2.05, 4.69) is 0 Å². The summed E-state index contributed by atoms with van der Waals surface area (Å²) in [6, 6.07) is 9.01. The average Bonchev–Trinajstić information content (AvgIpc) is 2.68. The van der Waals surface area contributed by atoms with Crippen LogP contribution in [0, 0.1) is 12.8 Å². The maximum Gasteiger partial charge on any atom is 0.300 e. The first-order chi connectivity index (χ1) is 13.2. The molecule has 152 valence electrons. The van der Waals surface area contributed by atoms with Gasteiger partial charge in [-0.15, -0.1) is 0 Å². The Balaban J connectivity index is 2.45. The second-order valence-corrected chi connectivity index (χ2v) is 8.22. The van der Waals surface area contributed by atoms with Crippen molar-refractivity contribution in [2.75, 3.05) is 13.7 Å². The standard InChI is InChI=1S/C21H26O6S/c1-5-15(6-2)13-27-28(24,25)20-11-17(18(22)12-19(20)26-4)21(23)16-9-7-14(3)8-10-16/h7-12,15,22H,5-6,13H2,1-4H3. The van der Waals surface area contributed by atoms with Crippen LogP contribution in [0.5, 0.6) is 11.5 Å². The average molecular weight is 407 g/mol. The number of ketones is 1. The Bertz CT molecular complexity index is 928. The Morgan fingerprint density at radius 1 is 1.11 bits per heavy atom. The van der Waals surface area contributed by atoms with E-state index in [1.54, 1.807) is 24.3 Å². The van der Waals surface area contributed by atoms with Crippen LogP contribution in [0.2, 0.25) is 0 Å². The van der Waals surface area contributed by atoms with Crippen LogP contribution in [-0.4, -0.2) is 33.0 Å². The lowest BCUT2D eigenvalue weighted by Crippen LogP contribution is -2.15. The van der Waals surface area contributed by atoms with Crippen molar-refractivity contribution in [2.24, 2.45) is 5.92 Å². The number of hydrogen-bond acceptors (Lipinski definition) is 6. The zero-order valence-electron chi connectivity index (χ0n) is 16.6. The molecule has 0 saturated carbocycles. The molecule has 2 rings (SSSR count). The smallest absolute Gasteiger partial charge is 0.300 e. The number of phenolic OH excluding ortho intramolecular Hbond substituents is 1. The number of hydrogen-bond donors (Lipinski definition) is 1. The van der Waals surface area contributed by atoms with Gasteiger partial charge in [0.05, 0.1) is 19.3 Å². The van der Waals surface area contributed by atoms with E-state index in [9.17, 15) is 18.3 Å². The van der Waals surface area contributed by atoms with E-state index in [-0.39, 0.29) is 34.5 Å². The molecule has 0 bridgehead atoms. The predicted octanol–water partition coefficient (Wildman–Crippen LogP) is 4.08. The Hall–Kier alpha value is -2.38. The van der Waals surface area contributed by atoms with Crippen molar-refractivity contribution in [2.45, 2.75) is 38.5 Å². The number of methoxy groups -OCH3 is 1. The van der Waals surface area contributed by atoms with Gasteiger partial charge in [-0.1, -0.05) is 56.5 Å². The minimum Gasteiger partial charge on any atom is -0.507 e. The van der Waals surface area contributed by atoms with Gasteiger partial charge in [-0.05, 0) is 18.9 Å². The fourth-order valence-electron chi connectivity index (χ4n) is 2.72. The molecule has 0 heterocycles. The molecular formula is C21H26O6S. The molecule has 0 aromatic heterocycles. The van der Waals surface area contributed by atoms with Crippen molar-refractivity contribution in [1.82, 2.24) is 0 Å². The number of benzene rings is 2. The SMILES string of the molecule is CCC(CC)COS(=O)(=O)c1cc(C(=O)c2ccc(C)cc2)c(O)cc1OC. The first kappa shape index (κ1) is 21.9. The van der Waals surface area contributed by atoms with Crippen molar-refractivity contribution < 1.29 is 27.2 Å². The Kier molecular flexibility index (Phi) is 7.21. The second-order valence-electron chi connectivity index (χ2n) is 6.64. The van der Waals surface area contributed by atoms with Gasteiger partial charge in [0.25, 0.3) is 0 Å². The van der Waals surface area contributed by atoms with E-state index < -0.39 is 15.9 Å². The summed E-state index contributed by atoms with van der Waals surface area (Å²) in [6.45, 7) is 5.86. The summed E-state index contributed by atoms with van der Waals surface area (Å²) >= 11 is 0. The molecule has 0 aliphatic carbocycles. The van der Waals surface area contributed by atoms with Gasteiger partial charge in [-0.3, -0.25) is 8.98 Å². The lowest BCUT2D eigenvalue weighted by atomic mass is 10.0. The van der Waals surface area contributed by atoms with Crippen LogP contribution in [0.4, 0.5) is 0 Å². The maximum atomic E-state index is 12.8. The van der Waals surface area contributed by atoms with Crippen LogP contribution < -0.4 is 4.74 Å². The first-order valence-electron chi connectivity index (χ1n) is 9.15. The molecule has 2 aromatic rings. The first-order valence-corrected chi connectivity index (χ1v) is 10.6. The van der Waals surface area contributed by atoms with E-state index in [0.717, 1.165) is 30.5 Å². The minimum atomic E-state index is -4.17. The number of aromatic hydroxyl groups is 1. The second kappa shape index (κ2) is 9.21. The van der Waals surface area contributed by atoms with E-state index in [1.807, 2.05) is 20.8 Å². The highest BCUT2D eigenvalue weighted by Crippen LogP contribution is 2.34. The fraction of sp³-hybridized carbons (Fsp3) is 0.381. The summed E-state index contributed by atoms with van der Waals surface area (Å²) in [7, 11) is -2.88. The van der Waals surface area contributed by atoms with Gasteiger partial charge >= 0.3 is 10.1 Å². The van der Waals surface area contributed by atoms with E-state index in [0.29, 0.717) is 5.56 Å². The summed E-state index contributed by atoms with van der Waals surface area (Å²) in [6.07, 6.45) is 1.58. The van der Waals surface area contributed by atoms with Gasteiger partial charge in [-0.2, -0.15) is 8.42 Å². The monoisotopic (exact) mass is 406 g/mol. The Labute approximate surface area is 166 Å². The fourth-order valence-corrected chi connectivity index (χ4v) is 3.87. The largest absolute Gasteiger partial charge is 0.507 e. The van der Waals surface area contributed by atoms with E-state index in [4.69, 9.17) is 8.92 Å². The van der Waals surface area contributed by atoms with Crippen LogP contribution in [0.3, 0.4) is 0 Å². The molecular weight excluding hydrogens is 380 g/mol. The van der Waals surface area contributed by atoms with Gasteiger partial charge in [0, 0.05) is 11.6 Å². The third-order valence-electron chi connectivity index (χ3n) is 4.72. The number of ether oxygens (including phenoxy) is 1. The van der Waals surface area contributed by atoms with Gasteiger partial charge in [0.2, 0.25) is 0 Å². The lowest BCUT2D eigenvalue weighted by molar-refractivity contribution is 0.103.